The van der Waals surface area contributed by atoms with Crippen LogP contribution in [0, 0.1) is 30.4 Å². The van der Waals surface area contributed by atoms with E-state index in [1.807, 2.05) is 18.2 Å². The molecule has 3 aliphatic heterocycles. The molecule has 1 aromatic heterocycles. The van der Waals surface area contributed by atoms with E-state index in [-0.39, 0.29) is 18.6 Å². The van der Waals surface area contributed by atoms with Crippen LogP contribution in [0.5, 0.6) is 0 Å². The number of urea groups is 1. The van der Waals surface area contributed by atoms with Crippen molar-refractivity contribution in [2.24, 2.45) is 16.8 Å². The van der Waals surface area contributed by atoms with Crippen molar-refractivity contribution in [3.8, 4) is 0 Å². The Balaban J connectivity index is 1.36. The van der Waals surface area contributed by atoms with Crippen LogP contribution in [0.3, 0.4) is 0 Å². The Bertz CT molecular complexity index is 1120. The van der Waals surface area contributed by atoms with Gasteiger partial charge in [-0.2, -0.15) is 0 Å². The Labute approximate surface area is 185 Å². The summed E-state index contributed by atoms with van der Waals surface area (Å²) in [5.41, 5.74) is 2.10. The minimum absolute atomic E-state index is 0.0877. The maximum atomic E-state index is 13.8. The molecular weight excluding hydrogens is 414 g/mol. The van der Waals surface area contributed by atoms with Gasteiger partial charge in [0, 0.05) is 49.7 Å². The zero-order valence-corrected chi connectivity index (χ0v) is 17.9. The average Bonchev–Trinajstić information content (AvgIpc) is 3.35. The van der Waals surface area contributed by atoms with Gasteiger partial charge in [0.1, 0.15) is 12.5 Å². The Kier molecular flexibility index (Phi) is 5.13. The van der Waals surface area contributed by atoms with Gasteiger partial charge in [-0.3, -0.25) is 20.1 Å². The third-order valence-corrected chi connectivity index (χ3v) is 6.26. The highest BCUT2D eigenvalue weighted by atomic mass is 19.2. The number of halogens is 2. The van der Waals surface area contributed by atoms with Crippen molar-refractivity contribution in [3.05, 3.63) is 71.4 Å². The number of hydrogen-bond donors (Lipinski definition) is 1. The maximum absolute atomic E-state index is 13.8. The van der Waals surface area contributed by atoms with Crippen LogP contribution in [0.1, 0.15) is 18.2 Å². The van der Waals surface area contributed by atoms with Crippen molar-refractivity contribution in [2.75, 3.05) is 24.7 Å². The third kappa shape index (κ3) is 3.73. The van der Waals surface area contributed by atoms with E-state index in [0.29, 0.717) is 28.8 Å². The molecule has 0 saturated carbocycles. The molecule has 1 saturated heterocycles. The number of aliphatic imine (C=N–C) groups is 1. The van der Waals surface area contributed by atoms with Gasteiger partial charge in [0.05, 0.1) is 5.69 Å². The highest BCUT2D eigenvalue weighted by molar-refractivity contribution is 6.02. The molecule has 2 atom stereocenters. The van der Waals surface area contributed by atoms with E-state index in [1.165, 1.54) is 4.90 Å². The molecular formula is C23H24F2N6O. The van der Waals surface area contributed by atoms with Crippen LogP contribution in [-0.2, 0) is 6.54 Å². The van der Waals surface area contributed by atoms with E-state index in [1.54, 1.807) is 24.2 Å². The number of nitrogens with zero attached hydrogens (tertiary/aromatic N) is 5. The number of anilines is 1. The Hall–Kier alpha value is -3.33. The molecule has 2 amide bonds. The fourth-order valence-electron chi connectivity index (χ4n) is 4.60. The molecule has 2 aromatic rings. The number of fused-ring (bicyclic) bond motifs is 1. The van der Waals surface area contributed by atoms with Crippen molar-refractivity contribution >= 4 is 17.6 Å². The minimum Gasteiger partial charge on any atom is -0.325 e. The number of likely N-dealkylation sites (tertiary alicyclic amines) is 1. The fraction of sp³-hybridized carbons (Fsp3) is 0.348. The predicted molar refractivity (Wildman–Crippen MR) is 116 cm³/mol. The molecule has 2 unspecified atom stereocenters. The smallest absolute Gasteiger partial charge is 0.325 e. The number of amidine groups is 1. The summed E-state index contributed by atoms with van der Waals surface area (Å²) in [4.78, 5) is 27.5. The monoisotopic (exact) mass is 438 g/mol. The standard InChI is InChI=1S/C23H24F2N6O/c1-14-7-18(24)19(25)8-20(14)30-12-21-27-22(28-23(32)31(21)13-30)17-11-29(9-15(17)2)10-16-5-3-4-6-26-16/h3-8,12,15,17H,9-11,13H2,1-2H3,(H,27,28,32). The van der Waals surface area contributed by atoms with E-state index < -0.39 is 11.6 Å². The number of rotatable bonds is 4. The highest BCUT2D eigenvalue weighted by Crippen LogP contribution is 2.32. The topological polar surface area (TPSA) is 64.1 Å². The number of hydrogen-bond acceptors (Lipinski definition) is 5. The molecule has 1 fully saturated rings. The van der Waals surface area contributed by atoms with E-state index >= 15 is 0 Å². The Morgan fingerprint density at radius 2 is 2.00 bits per heavy atom. The molecule has 0 radical (unpaired) electrons. The van der Waals surface area contributed by atoms with Crippen molar-refractivity contribution in [3.63, 3.8) is 0 Å². The maximum Gasteiger partial charge on any atom is 0.329 e. The average molecular weight is 438 g/mol. The predicted octanol–water partition coefficient (Wildman–Crippen LogP) is 3.44. The van der Waals surface area contributed by atoms with Crippen LogP contribution in [0.25, 0.3) is 0 Å². The van der Waals surface area contributed by atoms with Crippen molar-refractivity contribution in [1.29, 1.82) is 0 Å². The van der Waals surface area contributed by atoms with Crippen molar-refractivity contribution in [1.82, 2.24) is 20.1 Å². The first-order valence-corrected chi connectivity index (χ1v) is 10.6. The van der Waals surface area contributed by atoms with E-state index in [2.05, 4.69) is 22.1 Å². The van der Waals surface area contributed by atoms with Gasteiger partial charge < -0.3 is 4.90 Å². The molecule has 1 N–H and O–H groups in total. The van der Waals surface area contributed by atoms with E-state index in [9.17, 15) is 13.6 Å². The number of aryl methyl sites for hydroxylation is 1. The first-order chi connectivity index (χ1) is 15.4. The molecule has 9 heteroatoms. The van der Waals surface area contributed by atoms with Crippen molar-refractivity contribution < 1.29 is 13.6 Å². The lowest BCUT2D eigenvalue weighted by molar-refractivity contribution is 0.216. The van der Waals surface area contributed by atoms with Crippen LogP contribution < -0.4 is 10.2 Å². The summed E-state index contributed by atoms with van der Waals surface area (Å²) in [6, 6.07) is 7.93. The SMILES string of the molecule is Cc1cc(F)c(F)cc1N1C=C2N=C(C3CN(Cc4ccccn4)CC3C)NC(=O)N2C1. The summed E-state index contributed by atoms with van der Waals surface area (Å²) in [5.74, 6) is -0.254. The second-order valence-corrected chi connectivity index (χ2v) is 8.61. The second-order valence-electron chi connectivity index (χ2n) is 8.61. The first-order valence-electron chi connectivity index (χ1n) is 10.6. The molecule has 3 aliphatic rings. The van der Waals surface area contributed by atoms with Gasteiger partial charge in [-0.1, -0.05) is 13.0 Å². The van der Waals surface area contributed by atoms with Crippen LogP contribution in [0.2, 0.25) is 0 Å². The van der Waals surface area contributed by atoms with Gasteiger partial charge in [0.25, 0.3) is 0 Å². The lowest BCUT2D eigenvalue weighted by Crippen LogP contribution is -2.49. The summed E-state index contributed by atoms with van der Waals surface area (Å²) < 4.78 is 27.3. The molecule has 4 heterocycles. The first kappa shape index (κ1) is 20.6. The Morgan fingerprint density at radius 1 is 1.19 bits per heavy atom. The van der Waals surface area contributed by atoms with Gasteiger partial charge >= 0.3 is 6.03 Å². The molecule has 0 aliphatic carbocycles. The number of aromatic nitrogens is 1. The van der Waals surface area contributed by atoms with Crippen LogP contribution in [0.4, 0.5) is 19.3 Å². The lowest BCUT2D eigenvalue weighted by atomic mass is 9.96. The van der Waals surface area contributed by atoms with Crippen LogP contribution in [0.15, 0.2) is 53.5 Å². The van der Waals surface area contributed by atoms with Crippen LogP contribution >= 0.6 is 0 Å². The van der Waals surface area contributed by atoms with Crippen LogP contribution in [-0.4, -0.2) is 46.4 Å². The summed E-state index contributed by atoms with van der Waals surface area (Å²) in [6.07, 6.45) is 3.50. The van der Waals surface area contributed by atoms with Gasteiger partial charge in [0.15, 0.2) is 17.5 Å². The molecule has 166 valence electrons. The zero-order chi connectivity index (χ0) is 22.4. The van der Waals surface area contributed by atoms with E-state index in [0.717, 1.165) is 37.5 Å². The van der Waals surface area contributed by atoms with Gasteiger partial charge in [-0.25, -0.2) is 18.6 Å². The number of benzene rings is 1. The van der Waals surface area contributed by atoms with Crippen molar-refractivity contribution in [2.45, 2.75) is 20.4 Å². The molecule has 7 nitrogen and oxygen atoms in total. The fourth-order valence-corrected chi connectivity index (χ4v) is 4.60. The third-order valence-electron chi connectivity index (χ3n) is 6.26. The van der Waals surface area contributed by atoms with E-state index in [4.69, 9.17) is 4.99 Å². The lowest BCUT2D eigenvalue weighted by Gasteiger charge is -2.28. The summed E-state index contributed by atoms with van der Waals surface area (Å²) >= 11 is 0. The number of carbonyl (C=O) groups is 1. The zero-order valence-electron chi connectivity index (χ0n) is 17.9. The summed E-state index contributed by atoms with van der Waals surface area (Å²) in [7, 11) is 0. The quantitative estimate of drug-likeness (QED) is 0.795. The van der Waals surface area contributed by atoms with Gasteiger partial charge in [-0.05, 0) is 36.6 Å². The minimum atomic E-state index is -0.921. The second kappa shape index (κ2) is 7.98. The number of pyridine rings is 1. The number of amides is 2. The molecule has 0 spiro atoms. The van der Waals surface area contributed by atoms with Gasteiger partial charge in [0.2, 0.25) is 0 Å². The highest BCUT2D eigenvalue weighted by Gasteiger charge is 2.39. The summed E-state index contributed by atoms with van der Waals surface area (Å²) in [5, 5.41) is 2.94. The van der Waals surface area contributed by atoms with Gasteiger partial charge in [-0.15, -0.1) is 0 Å². The number of carbonyl (C=O) groups excluding carboxylic acids is 1. The molecule has 0 bridgehead atoms. The molecule has 1 aromatic carbocycles. The molecule has 32 heavy (non-hydrogen) atoms. The Morgan fingerprint density at radius 3 is 2.78 bits per heavy atom. The summed E-state index contributed by atoms with van der Waals surface area (Å²) in [6.45, 7) is 6.47. The largest absolute Gasteiger partial charge is 0.329 e. The normalized spacial score (nSPS) is 23.2. The molecule has 5 rings (SSSR count). The number of nitrogens with one attached hydrogen (secondary N) is 1.